The Balaban J connectivity index is 1.52. The number of unbranched alkanes of at least 4 members (excludes halogenated alkanes) is 1. The number of carbonyl (C=O) groups is 2. The van der Waals surface area contributed by atoms with Crippen LogP contribution in [-0.2, 0) is 11.3 Å². The Labute approximate surface area is 229 Å². The highest BCUT2D eigenvalue weighted by Gasteiger charge is 2.25. The number of carboxylic acid groups (broad SMARTS) is 1. The van der Waals surface area contributed by atoms with Crippen LogP contribution in [0.3, 0.4) is 0 Å². The SMILES string of the molecule is NCCCC[C@@H](C(=O)O)N(C/C=C/c1cccc(NC(=O)c2ccccc2)c1)Cc1cccc2ccccc12. The lowest BCUT2D eigenvalue weighted by Crippen LogP contribution is -2.41. The van der Waals surface area contributed by atoms with Gasteiger partial charge in [0.05, 0.1) is 0 Å². The molecule has 0 saturated heterocycles. The van der Waals surface area contributed by atoms with Crippen LogP contribution in [0.2, 0.25) is 0 Å². The van der Waals surface area contributed by atoms with Crippen LogP contribution < -0.4 is 11.1 Å². The molecule has 200 valence electrons. The molecule has 0 radical (unpaired) electrons. The quantitative estimate of drug-likeness (QED) is 0.182. The molecule has 0 unspecified atom stereocenters. The van der Waals surface area contributed by atoms with Crippen LogP contribution in [0, 0.1) is 0 Å². The molecule has 39 heavy (non-hydrogen) atoms. The summed E-state index contributed by atoms with van der Waals surface area (Å²) < 4.78 is 0. The zero-order valence-electron chi connectivity index (χ0n) is 22.0. The summed E-state index contributed by atoms with van der Waals surface area (Å²) in [7, 11) is 0. The van der Waals surface area contributed by atoms with E-state index in [-0.39, 0.29) is 5.91 Å². The first-order valence-corrected chi connectivity index (χ1v) is 13.3. The van der Waals surface area contributed by atoms with Crippen LogP contribution in [0.5, 0.6) is 0 Å². The molecule has 4 rings (SSSR count). The van der Waals surface area contributed by atoms with Crippen LogP contribution in [0.25, 0.3) is 16.8 Å². The molecule has 4 aromatic carbocycles. The summed E-state index contributed by atoms with van der Waals surface area (Å²) in [5.41, 5.74) is 8.98. The normalized spacial score (nSPS) is 12.2. The summed E-state index contributed by atoms with van der Waals surface area (Å²) in [5, 5.41) is 15.3. The molecule has 0 aliphatic carbocycles. The molecule has 1 atom stereocenters. The Bertz CT molecular complexity index is 1410. The summed E-state index contributed by atoms with van der Waals surface area (Å²) in [6.07, 6.45) is 6.04. The number of benzene rings is 4. The molecule has 0 spiro atoms. The van der Waals surface area contributed by atoms with E-state index in [0.717, 1.165) is 34.7 Å². The maximum atomic E-state index is 12.5. The number of carbonyl (C=O) groups excluding carboxylic acids is 1. The standard InChI is InChI=1S/C33H35N3O3/c34-21-7-6-20-31(33(38)39)36(24-28-17-9-16-26-13-4-5-19-30(26)28)22-10-12-25-11-8-18-29(23-25)35-32(37)27-14-2-1-3-15-27/h1-5,8-19,23,31H,6-7,20-22,24,34H2,(H,35,37)(H,38,39)/b12-10+/t31-/m0/s1. The van der Waals surface area contributed by atoms with Crippen LogP contribution in [0.15, 0.2) is 103 Å². The number of fused-ring (bicyclic) bond motifs is 1. The van der Waals surface area contributed by atoms with Crippen molar-refractivity contribution in [1.29, 1.82) is 0 Å². The molecule has 0 fully saturated rings. The van der Waals surface area contributed by atoms with E-state index in [1.165, 1.54) is 0 Å². The fraction of sp³-hybridized carbons (Fsp3) is 0.212. The van der Waals surface area contributed by atoms with E-state index in [2.05, 4.69) is 29.6 Å². The lowest BCUT2D eigenvalue weighted by molar-refractivity contribution is -0.143. The molecule has 0 heterocycles. The topological polar surface area (TPSA) is 95.7 Å². The van der Waals surface area contributed by atoms with Gasteiger partial charge in [0.2, 0.25) is 0 Å². The van der Waals surface area contributed by atoms with Gasteiger partial charge in [-0.05, 0) is 65.6 Å². The average molecular weight is 522 g/mol. The predicted octanol–water partition coefficient (Wildman–Crippen LogP) is 6.19. The van der Waals surface area contributed by atoms with E-state index in [1.807, 2.05) is 77.7 Å². The lowest BCUT2D eigenvalue weighted by Gasteiger charge is -2.28. The van der Waals surface area contributed by atoms with Crippen LogP contribution >= 0.6 is 0 Å². The first kappa shape index (κ1) is 27.8. The Kier molecular flexibility index (Phi) is 10.0. The van der Waals surface area contributed by atoms with E-state index >= 15 is 0 Å². The predicted molar refractivity (Wildman–Crippen MR) is 159 cm³/mol. The van der Waals surface area contributed by atoms with Crippen molar-refractivity contribution >= 4 is 34.4 Å². The number of nitrogens with zero attached hydrogens (tertiary/aromatic N) is 1. The zero-order valence-corrected chi connectivity index (χ0v) is 22.0. The second-order valence-corrected chi connectivity index (χ2v) is 9.55. The van der Waals surface area contributed by atoms with Crippen molar-refractivity contribution in [2.45, 2.75) is 31.8 Å². The van der Waals surface area contributed by atoms with Gasteiger partial charge in [0.1, 0.15) is 6.04 Å². The summed E-state index contributed by atoms with van der Waals surface area (Å²) in [5.74, 6) is -0.994. The minimum atomic E-state index is -0.828. The maximum absolute atomic E-state index is 12.5. The third-order valence-electron chi connectivity index (χ3n) is 6.74. The van der Waals surface area contributed by atoms with Crippen molar-refractivity contribution in [2.75, 3.05) is 18.4 Å². The summed E-state index contributed by atoms with van der Waals surface area (Å²) in [6.45, 7) is 1.52. The van der Waals surface area contributed by atoms with Crippen LogP contribution in [-0.4, -0.2) is 41.0 Å². The van der Waals surface area contributed by atoms with Gasteiger partial charge in [-0.25, -0.2) is 0 Å². The van der Waals surface area contributed by atoms with E-state index in [9.17, 15) is 14.7 Å². The average Bonchev–Trinajstić information content (AvgIpc) is 2.95. The third kappa shape index (κ3) is 7.87. The van der Waals surface area contributed by atoms with Gasteiger partial charge in [-0.2, -0.15) is 0 Å². The van der Waals surface area contributed by atoms with Crippen LogP contribution in [0.1, 0.15) is 40.7 Å². The third-order valence-corrected chi connectivity index (χ3v) is 6.74. The molecular weight excluding hydrogens is 486 g/mol. The smallest absolute Gasteiger partial charge is 0.320 e. The van der Waals surface area contributed by atoms with E-state index in [0.29, 0.717) is 37.3 Å². The van der Waals surface area contributed by atoms with Crippen molar-refractivity contribution in [1.82, 2.24) is 4.90 Å². The second-order valence-electron chi connectivity index (χ2n) is 9.55. The van der Waals surface area contributed by atoms with Gasteiger partial charge in [-0.1, -0.05) is 91.4 Å². The van der Waals surface area contributed by atoms with Gasteiger partial charge in [-0.15, -0.1) is 0 Å². The molecule has 0 aliphatic heterocycles. The van der Waals surface area contributed by atoms with Gasteiger partial charge in [-0.3, -0.25) is 14.5 Å². The second kappa shape index (κ2) is 14.0. The number of hydrogen-bond donors (Lipinski definition) is 3. The molecule has 6 heteroatoms. The highest BCUT2D eigenvalue weighted by Crippen LogP contribution is 2.22. The minimum absolute atomic E-state index is 0.167. The Morgan fingerprint density at radius 1 is 0.897 bits per heavy atom. The van der Waals surface area contributed by atoms with E-state index in [4.69, 9.17) is 5.73 Å². The summed E-state index contributed by atoms with van der Waals surface area (Å²) in [6, 6.07) is 30.4. The maximum Gasteiger partial charge on any atom is 0.320 e. The number of carboxylic acids is 1. The number of rotatable bonds is 13. The highest BCUT2D eigenvalue weighted by molar-refractivity contribution is 6.04. The molecule has 4 aromatic rings. The molecular formula is C33H35N3O3. The van der Waals surface area contributed by atoms with Gasteiger partial charge < -0.3 is 16.2 Å². The fourth-order valence-corrected chi connectivity index (χ4v) is 4.73. The molecule has 0 bridgehead atoms. The number of hydrogen-bond acceptors (Lipinski definition) is 4. The number of nitrogens with two attached hydrogens (primary N) is 1. The van der Waals surface area contributed by atoms with Crippen molar-refractivity contribution in [3.63, 3.8) is 0 Å². The van der Waals surface area contributed by atoms with E-state index in [1.54, 1.807) is 12.1 Å². The Hall–Kier alpha value is -4.26. The van der Waals surface area contributed by atoms with Crippen molar-refractivity contribution in [3.05, 3.63) is 120 Å². The number of anilines is 1. The molecule has 4 N–H and O–H groups in total. The molecule has 0 aromatic heterocycles. The lowest BCUT2D eigenvalue weighted by atomic mass is 10.0. The largest absolute Gasteiger partial charge is 0.480 e. The Morgan fingerprint density at radius 3 is 2.44 bits per heavy atom. The van der Waals surface area contributed by atoms with Gasteiger partial charge >= 0.3 is 5.97 Å². The monoisotopic (exact) mass is 521 g/mol. The first-order chi connectivity index (χ1) is 19.0. The summed E-state index contributed by atoms with van der Waals surface area (Å²) >= 11 is 0. The highest BCUT2D eigenvalue weighted by atomic mass is 16.4. The molecule has 1 amide bonds. The van der Waals surface area contributed by atoms with Crippen molar-refractivity contribution in [3.8, 4) is 0 Å². The summed E-state index contributed by atoms with van der Waals surface area (Å²) in [4.78, 5) is 26.9. The van der Waals surface area contributed by atoms with Gasteiger partial charge in [0.25, 0.3) is 5.91 Å². The number of aliphatic carboxylic acids is 1. The zero-order chi connectivity index (χ0) is 27.5. The van der Waals surface area contributed by atoms with E-state index < -0.39 is 12.0 Å². The first-order valence-electron chi connectivity index (χ1n) is 13.3. The van der Waals surface area contributed by atoms with Crippen LogP contribution in [0.4, 0.5) is 5.69 Å². The Morgan fingerprint density at radius 2 is 1.64 bits per heavy atom. The number of amides is 1. The molecule has 0 saturated carbocycles. The minimum Gasteiger partial charge on any atom is -0.480 e. The fourth-order valence-electron chi connectivity index (χ4n) is 4.73. The molecule has 6 nitrogen and oxygen atoms in total. The van der Waals surface area contributed by atoms with Crippen molar-refractivity contribution in [2.24, 2.45) is 5.73 Å². The molecule has 0 aliphatic rings. The number of nitrogens with one attached hydrogen (secondary N) is 1. The van der Waals surface area contributed by atoms with Gasteiger partial charge in [0, 0.05) is 24.3 Å². The van der Waals surface area contributed by atoms with Gasteiger partial charge in [0.15, 0.2) is 0 Å². The van der Waals surface area contributed by atoms with Crippen molar-refractivity contribution < 1.29 is 14.7 Å².